The molecule has 0 spiro atoms. The summed E-state index contributed by atoms with van der Waals surface area (Å²) in [5.74, 6) is -0.595. The van der Waals surface area contributed by atoms with Gasteiger partial charge in [0.25, 0.3) is 0 Å². The van der Waals surface area contributed by atoms with Gasteiger partial charge in [-0.15, -0.1) is 0 Å². The summed E-state index contributed by atoms with van der Waals surface area (Å²) in [6.45, 7) is 2.23. The summed E-state index contributed by atoms with van der Waals surface area (Å²) in [5, 5.41) is 5.48. The second-order valence-electron chi connectivity index (χ2n) is 5.05. The Kier molecular flexibility index (Phi) is 5.47. The van der Waals surface area contributed by atoms with Gasteiger partial charge >= 0.3 is 6.03 Å². The Morgan fingerprint density at radius 3 is 2.50 bits per heavy atom. The average molecular weight is 304 g/mol. The van der Waals surface area contributed by atoms with Crippen LogP contribution in [0.4, 0.5) is 13.6 Å². The molecule has 0 fully saturated rings. The van der Waals surface area contributed by atoms with Gasteiger partial charge in [0.15, 0.2) is 0 Å². The van der Waals surface area contributed by atoms with Crippen molar-refractivity contribution in [3.8, 4) is 0 Å². The molecule has 0 radical (unpaired) electrons. The van der Waals surface area contributed by atoms with Crippen LogP contribution in [-0.4, -0.2) is 12.6 Å². The Morgan fingerprint density at radius 2 is 1.82 bits per heavy atom. The van der Waals surface area contributed by atoms with Crippen molar-refractivity contribution in [1.82, 2.24) is 10.6 Å². The summed E-state index contributed by atoms with van der Waals surface area (Å²) in [4.78, 5) is 11.8. The number of halogens is 2. The number of benzene rings is 2. The van der Waals surface area contributed by atoms with Gasteiger partial charge in [0, 0.05) is 6.54 Å². The highest BCUT2D eigenvalue weighted by atomic mass is 19.1. The third kappa shape index (κ3) is 4.84. The van der Waals surface area contributed by atoms with Crippen LogP contribution in [-0.2, 0) is 6.42 Å². The van der Waals surface area contributed by atoms with Crippen molar-refractivity contribution >= 4 is 6.03 Å². The highest BCUT2D eigenvalue weighted by Gasteiger charge is 2.09. The van der Waals surface area contributed by atoms with Crippen LogP contribution >= 0.6 is 0 Å². The van der Waals surface area contributed by atoms with Gasteiger partial charge in [0.1, 0.15) is 11.6 Å². The lowest BCUT2D eigenvalue weighted by atomic mass is 10.1. The molecule has 2 aromatic rings. The molecule has 22 heavy (non-hydrogen) atoms. The number of urea groups is 1. The van der Waals surface area contributed by atoms with E-state index in [1.807, 2.05) is 13.0 Å². The van der Waals surface area contributed by atoms with Crippen molar-refractivity contribution < 1.29 is 13.6 Å². The molecule has 116 valence electrons. The van der Waals surface area contributed by atoms with Crippen molar-refractivity contribution in [2.24, 2.45) is 0 Å². The van der Waals surface area contributed by atoms with Gasteiger partial charge in [-0.3, -0.25) is 0 Å². The number of carbonyl (C=O) groups excluding carboxylic acids is 1. The zero-order valence-corrected chi connectivity index (χ0v) is 12.3. The van der Waals surface area contributed by atoms with E-state index < -0.39 is 0 Å². The first-order valence-electron chi connectivity index (χ1n) is 7.09. The molecule has 0 aliphatic heterocycles. The maximum atomic E-state index is 13.0. The Hall–Kier alpha value is -2.43. The molecule has 0 heterocycles. The van der Waals surface area contributed by atoms with E-state index in [-0.39, 0.29) is 23.7 Å². The number of rotatable bonds is 5. The third-order valence-electron chi connectivity index (χ3n) is 3.31. The summed E-state index contributed by atoms with van der Waals surface area (Å²) >= 11 is 0. The fraction of sp³-hybridized carbons (Fsp3) is 0.235. The fourth-order valence-corrected chi connectivity index (χ4v) is 2.10. The molecule has 2 amide bonds. The van der Waals surface area contributed by atoms with Crippen LogP contribution in [0.15, 0.2) is 48.5 Å². The van der Waals surface area contributed by atoms with Crippen LogP contribution in [0.1, 0.15) is 24.1 Å². The lowest BCUT2D eigenvalue weighted by Gasteiger charge is -2.15. The maximum absolute atomic E-state index is 13.0. The van der Waals surface area contributed by atoms with Crippen LogP contribution in [0.2, 0.25) is 0 Å². The van der Waals surface area contributed by atoms with Gasteiger partial charge in [0.05, 0.1) is 6.04 Å². The first-order valence-corrected chi connectivity index (χ1v) is 7.09. The molecule has 2 rings (SSSR count). The Labute approximate surface area is 128 Å². The second-order valence-corrected chi connectivity index (χ2v) is 5.05. The highest BCUT2D eigenvalue weighted by Crippen LogP contribution is 2.12. The van der Waals surface area contributed by atoms with Crippen molar-refractivity contribution in [2.75, 3.05) is 6.54 Å². The first-order chi connectivity index (χ1) is 10.5. The van der Waals surface area contributed by atoms with Gasteiger partial charge in [-0.1, -0.05) is 24.3 Å². The molecule has 0 aliphatic carbocycles. The normalized spacial score (nSPS) is 11.8. The van der Waals surface area contributed by atoms with Crippen LogP contribution in [0.25, 0.3) is 0 Å². The summed E-state index contributed by atoms with van der Waals surface area (Å²) in [7, 11) is 0. The third-order valence-corrected chi connectivity index (χ3v) is 3.31. The molecule has 0 aromatic heterocycles. The number of hydrogen-bond donors (Lipinski definition) is 2. The minimum Gasteiger partial charge on any atom is -0.338 e. The molecular weight excluding hydrogens is 286 g/mol. The van der Waals surface area contributed by atoms with E-state index in [0.29, 0.717) is 13.0 Å². The zero-order chi connectivity index (χ0) is 15.9. The molecule has 0 saturated carbocycles. The topological polar surface area (TPSA) is 41.1 Å². The Morgan fingerprint density at radius 1 is 1.09 bits per heavy atom. The van der Waals surface area contributed by atoms with Gasteiger partial charge in [-0.2, -0.15) is 0 Å². The molecule has 0 bridgehead atoms. The molecule has 0 saturated heterocycles. The monoisotopic (exact) mass is 304 g/mol. The molecule has 0 aliphatic rings. The SMILES string of the molecule is CC(NC(=O)NCCc1cccc(F)c1)c1ccc(F)cc1. The predicted octanol–water partition coefficient (Wildman–Crippen LogP) is 3.57. The first kappa shape index (κ1) is 15.9. The van der Waals surface area contributed by atoms with E-state index in [1.54, 1.807) is 18.2 Å². The van der Waals surface area contributed by atoms with E-state index in [0.717, 1.165) is 11.1 Å². The molecular formula is C17H18F2N2O. The van der Waals surface area contributed by atoms with Crippen molar-refractivity contribution in [1.29, 1.82) is 0 Å². The maximum Gasteiger partial charge on any atom is 0.315 e. The standard InChI is InChI=1S/C17H18F2N2O/c1-12(14-5-7-15(18)8-6-14)21-17(22)20-10-9-13-3-2-4-16(19)11-13/h2-8,11-12H,9-10H2,1H3,(H2,20,21,22). The minimum atomic E-state index is -0.312. The van der Waals surface area contributed by atoms with Crippen molar-refractivity contribution in [3.63, 3.8) is 0 Å². The van der Waals surface area contributed by atoms with Gasteiger partial charge in [-0.05, 0) is 48.7 Å². The number of hydrogen-bond acceptors (Lipinski definition) is 1. The Bertz CT molecular complexity index is 629. The number of amides is 2. The summed E-state index contributed by atoms with van der Waals surface area (Å²) in [5.41, 5.74) is 1.65. The van der Waals surface area contributed by atoms with Crippen LogP contribution in [0, 0.1) is 11.6 Å². The van der Waals surface area contributed by atoms with Crippen molar-refractivity contribution in [2.45, 2.75) is 19.4 Å². The van der Waals surface area contributed by atoms with Crippen LogP contribution < -0.4 is 10.6 Å². The molecule has 1 atom stereocenters. The summed E-state index contributed by atoms with van der Waals surface area (Å²) < 4.78 is 25.9. The fourth-order valence-electron chi connectivity index (χ4n) is 2.10. The van der Waals surface area contributed by atoms with Crippen molar-refractivity contribution in [3.05, 3.63) is 71.3 Å². The zero-order valence-electron chi connectivity index (χ0n) is 12.3. The minimum absolute atomic E-state index is 0.227. The van der Waals surface area contributed by atoms with E-state index >= 15 is 0 Å². The van der Waals surface area contributed by atoms with Crippen LogP contribution in [0.5, 0.6) is 0 Å². The van der Waals surface area contributed by atoms with E-state index in [1.165, 1.54) is 24.3 Å². The number of nitrogens with one attached hydrogen (secondary N) is 2. The summed E-state index contributed by atoms with van der Waals surface area (Å²) in [6, 6.07) is 11.7. The average Bonchev–Trinajstić information content (AvgIpc) is 2.48. The number of carbonyl (C=O) groups is 1. The van der Waals surface area contributed by atoms with E-state index in [2.05, 4.69) is 10.6 Å². The molecule has 5 heteroatoms. The molecule has 1 unspecified atom stereocenters. The molecule has 2 aromatic carbocycles. The smallest absolute Gasteiger partial charge is 0.315 e. The quantitative estimate of drug-likeness (QED) is 0.871. The van der Waals surface area contributed by atoms with Gasteiger partial charge < -0.3 is 10.6 Å². The Balaban J connectivity index is 1.76. The summed E-state index contributed by atoms with van der Waals surface area (Å²) in [6.07, 6.45) is 0.552. The predicted molar refractivity (Wildman–Crippen MR) is 81.5 cm³/mol. The largest absolute Gasteiger partial charge is 0.338 e. The van der Waals surface area contributed by atoms with Gasteiger partial charge in [-0.25, -0.2) is 13.6 Å². The second kappa shape index (κ2) is 7.54. The lowest BCUT2D eigenvalue weighted by Crippen LogP contribution is -2.38. The molecule has 2 N–H and O–H groups in total. The van der Waals surface area contributed by atoms with Crippen LogP contribution in [0.3, 0.4) is 0 Å². The highest BCUT2D eigenvalue weighted by molar-refractivity contribution is 5.74. The molecule has 3 nitrogen and oxygen atoms in total. The van der Waals surface area contributed by atoms with Gasteiger partial charge in [0.2, 0.25) is 0 Å². The van der Waals surface area contributed by atoms with E-state index in [4.69, 9.17) is 0 Å². The lowest BCUT2D eigenvalue weighted by molar-refractivity contribution is 0.238. The van der Waals surface area contributed by atoms with E-state index in [9.17, 15) is 13.6 Å².